The van der Waals surface area contributed by atoms with E-state index in [1.54, 1.807) is 12.1 Å². The molecule has 1 saturated heterocycles. The van der Waals surface area contributed by atoms with Gasteiger partial charge in [-0.25, -0.2) is 4.79 Å². The number of hydrogen-bond acceptors (Lipinski definition) is 2. The van der Waals surface area contributed by atoms with Crippen molar-refractivity contribution >= 4 is 6.09 Å². The number of hydrogen-bond donors (Lipinski definition) is 2. The van der Waals surface area contributed by atoms with E-state index in [-0.39, 0.29) is 5.75 Å². The number of nitrogens with zero attached hydrogens (tertiary/aromatic N) is 1. The van der Waals surface area contributed by atoms with Crippen LogP contribution >= 0.6 is 0 Å². The molecule has 2 rings (SSSR count). The van der Waals surface area contributed by atoms with Gasteiger partial charge in [-0.3, -0.25) is 0 Å². The number of rotatable bonds is 1. The molecule has 0 aromatic heterocycles. The molecule has 0 atom stereocenters. The summed E-state index contributed by atoms with van der Waals surface area (Å²) in [5.74, 6) is 0.640. The van der Waals surface area contributed by atoms with Crippen LogP contribution in [0.4, 0.5) is 4.79 Å². The molecule has 86 valence electrons. The van der Waals surface area contributed by atoms with Crippen LogP contribution in [0.15, 0.2) is 24.3 Å². The quantitative estimate of drug-likeness (QED) is 0.764. The highest BCUT2D eigenvalue weighted by molar-refractivity contribution is 5.65. The van der Waals surface area contributed by atoms with E-state index in [4.69, 9.17) is 5.11 Å². The molecule has 4 nitrogen and oxygen atoms in total. The molecule has 1 aromatic carbocycles. The molecule has 1 aliphatic heterocycles. The molecule has 0 saturated carbocycles. The van der Waals surface area contributed by atoms with Crippen molar-refractivity contribution in [3.63, 3.8) is 0 Å². The second-order valence-corrected chi connectivity index (χ2v) is 4.14. The zero-order valence-electron chi connectivity index (χ0n) is 8.97. The summed E-state index contributed by atoms with van der Waals surface area (Å²) >= 11 is 0. The minimum absolute atomic E-state index is 0.276. The van der Waals surface area contributed by atoms with Gasteiger partial charge in [-0.15, -0.1) is 0 Å². The predicted octanol–water partition coefficient (Wildman–Crippen LogP) is 2.25. The number of piperidine rings is 1. The van der Waals surface area contributed by atoms with Crippen molar-refractivity contribution < 1.29 is 15.0 Å². The van der Waals surface area contributed by atoms with Crippen molar-refractivity contribution in [3.05, 3.63) is 29.8 Å². The van der Waals surface area contributed by atoms with Crippen LogP contribution in [0.1, 0.15) is 24.3 Å². The smallest absolute Gasteiger partial charge is 0.407 e. The number of phenolic OH excluding ortho intramolecular Hbond substituents is 1. The molecule has 16 heavy (non-hydrogen) atoms. The summed E-state index contributed by atoms with van der Waals surface area (Å²) in [4.78, 5) is 12.2. The number of likely N-dealkylation sites (tertiary alicyclic amines) is 1. The number of carbonyl (C=O) groups is 1. The minimum atomic E-state index is -0.839. The van der Waals surface area contributed by atoms with E-state index in [0.29, 0.717) is 19.0 Å². The Bertz CT molecular complexity index is 384. The zero-order valence-corrected chi connectivity index (χ0v) is 8.97. The van der Waals surface area contributed by atoms with Crippen LogP contribution in [0, 0.1) is 0 Å². The molecule has 0 bridgehead atoms. The Hall–Kier alpha value is -1.71. The Morgan fingerprint density at radius 1 is 1.31 bits per heavy atom. The van der Waals surface area contributed by atoms with E-state index < -0.39 is 6.09 Å². The first-order valence-electron chi connectivity index (χ1n) is 5.43. The molecule has 0 unspecified atom stereocenters. The van der Waals surface area contributed by atoms with E-state index in [1.165, 1.54) is 4.90 Å². The Labute approximate surface area is 94.1 Å². The fourth-order valence-corrected chi connectivity index (χ4v) is 2.18. The average Bonchev–Trinajstić information content (AvgIpc) is 2.29. The van der Waals surface area contributed by atoms with Gasteiger partial charge >= 0.3 is 6.09 Å². The Morgan fingerprint density at radius 3 is 2.56 bits per heavy atom. The van der Waals surface area contributed by atoms with Crippen LogP contribution in [0.25, 0.3) is 0 Å². The molecule has 0 spiro atoms. The van der Waals surface area contributed by atoms with Gasteiger partial charge in [-0.2, -0.15) is 0 Å². The first kappa shape index (κ1) is 10.8. The maximum atomic E-state index is 10.7. The van der Waals surface area contributed by atoms with Crippen LogP contribution in [-0.2, 0) is 0 Å². The molecule has 2 N–H and O–H groups in total. The number of carboxylic acid groups (broad SMARTS) is 1. The topological polar surface area (TPSA) is 60.8 Å². The molecule has 0 radical (unpaired) electrons. The van der Waals surface area contributed by atoms with Gasteiger partial charge in [-0.1, -0.05) is 12.1 Å². The molecular formula is C12H15NO3. The monoisotopic (exact) mass is 221 g/mol. The fraction of sp³-hybridized carbons (Fsp3) is 0.417. The first-order chi connectivity index (χ1) is 7.66. The number of benzene rings is 1. The van der Waals surface area contributed by atoms with E-state index >= 15 is 0 Å². The third-order valence-corrected chi connectivity index (χ3v) is 3.11. The van der Waals surface area contributed by atoms with Gasteiger partial charge in [0.05, 0.1) is 0 Å². The standard InChI is InChI=1S/C12H15NO3/c14-11-3-1-2-10(8-11)9-4-6-13(7-5-9)12(15)16/h1-3,8-9,14H,4-7H2,(H,15,16). The number of amides is 1. The van der Waals surface area contributed by atoms with E-state index in [9.17, 15) is 9.90 Å². The lowest BCUT2D eigenvalue weighted by Crippen LogP contribution is -2.36. The van der Waals surface area contributed by atoms with Gasteiger partial charge < -0.3 is 15.1 Å². The molecule has 1 amide bonds. The van der Waals surface area contributed by atoms with Gasteiger partial charge in [-0.05, 0) is 36.5 Å². The Balaban J connectivity index is 2.01. The second kappa shape index (κ2) is 4.43. The Morgan fingerprint density at radius 2 is 2.00 bits per heavy atom. The molecule has 4 heteroatoms. The maximum absolute atomic E-state index is 10.7. The molecule has 1 heterocycles. The maximum Gasteiger partial charge on any atom is 0.407 e. The number of aromatic hydroxyl groups is 1. The highest BCUT2D eigenvalue weighted by Crippen LogP contribution is 2.29. The van der Waals surface area contributed by atoms with Crippen LogP contribution in [0.3, 0.4) is 0 Å². The molecule has 1 fully saturated rings. The summed E-state index contributed by atoms with van der Waals surface area (Å²) < 4.78 is 0. The van der Waals surface area contributed by atoms with Gasteiger partial charge in [0.25, 0.3) is 0 Å². The summed E-state index contributed by atoms with van der Waals surface area (Å²) in [6, 6.07) is 7.23. The van der Waals surface area contributed by atoms with E-state index in [1.807, 2.05) is 12.1 Å². The third-order valence-electron chi connectivity index (χ3n) is 3.11. The highest BCUT2D eigenvalue weighted by atomic mass is 16.4. The Kier molecular flexibility index (Phi) is 2.99. The second-order valence-electron chi connectivity index (χ2n) is 4.14. The zero-order chi connectivity index (χ0) is 11.5. The predicted molar refractivity (Wildman–Crippen MR) is 59.7 cm³/mol. The number of phenols is 1. The molecule has 1 aromatic rings. The van der Waals surface area contributed by atoms with Crippen molar-refractivity contribution in [2.75, 3.05) is 13.1 Å². The molecule has 1 aliphatic rings. The van der Waals surface area contributed by atoms with Crippen LogP contribution in [-0.4, -0.2) is 34.3 Å². The lowest BCUT2D eigenvalue weighted by atomic mass is 9.89. The fourth-order valence-electron chi connectivity index (χ4n) is 2.18. The van der Waals surface area contributed by atoms with Gasteiger partial charge in [0.15, 0.2) is 0 Å². The minimum Gasteiger partial charge on any atom is -0.508 e. The largest absolute Gasteiger partial charge is 0.508 e. The summed E-state index contributed by atoms with van der Waals surface area (Å²) in [6.07, 6.45) is 0.820. The lowest BCUT2D eigenvalue weighted by molar-refractivity contribution is 0.132. The van der Waals surface area contributed by atoms with Crippen molar-refractivity contribution in [3.8, 4) is 5.75 Å². The van der Waals surface area contributed by atoms with Crippen molar-refractivity contribution in [2.45, 2.75) is 18.8 Å². The van der Waals surface area contributed by atoms with Crippen molar-refractivity contribution in [2.24, 2.45) is 0 Å². The van der Waals surface area contributed by atoms with Gasteiger partial charge in [0.2, 0.25) is 0 Å². The highest BCUT2D eigenvalue weighted by Gasteiger charge is 2.23. The summed E-state index contributed by atoms with van der Waals surface area (Å²) in [5.41, 5.74) is 1.10. The van der Waals surface area contributed by atoms with Crippen molar-refractivity contribution in [1.29, 1.82) is 0 Å². The summed E-state index contributed by atoms with van der Waals surface area (Å²) in [6.45, 7) is 1.16. The van der Waals surface area contributed by atoms with Gasteiger partial charge in [0.1, 0.15) is 5.75 Å². The van der Waals surface area contributed by atoms with Crippen molar-refractivity contribution in [1.82, 2.24) is 4.90 Å². The van der Waals surface area contributed by atoms with E-state index in [2.05, 4.69) is 0 Å². The summed E-state index contributed by atoms with van der Waals surface area (Å²) in [7, 11) is 0. The lowest BCUT2D eigenvalue weighted by Gasteiger charge is -2.30. The normalized spacial score (nSPS) is 17.4. The summed E-state index contributed by atoms with van der Waals surface area (Å²) in [5, 5.41) is 18.2. The molecule has 0 aliphatic carbocycles. The third kappa shape index (κ3) is 2.27. The van der Waals surface area contributed by atoms with Gasteiger partial charge in [0, 0.05) is 13.1 Å². The molecular weight excluding hydrogens is 206 g/mol. The SMILES string of the molecule is O=C(O)N1CCC(c2cccc(O)c2)CC1. The van der Waals surface area contributed by atoms with Crippen LogP contribution < -0.4 is 0 Å². The first-order valence-corrected chi connectivity index (χ1v) is 5.43. The van der Waals surface area contributed by atoms with Crippen LogP contribution in [0.5, 0.6) is 5.75 Å². The van der Waals surface area contributed by atoms with Crippen LogP contribution in [0.2, 0.25) is 0 Å². The van der Waals surface area contributed by atoms with E-state index in [0.717, 1.165) is 18.4 Å². The average molecular weight is 221 g/mol.